The highest BCUT2D eigenvalue weighted by Gasteiger charge is 2.10. The van der Waals surface area contributed by atoms with Crippen LogP contribution in [0.15, 0.2) is 42.5 Å². The molecule has 3 heteroatoms. The van der Waals surface area contributed by atoms with Gasteiger partial charge in [-0.15, -0.1) is 0 Å². The van der Waals surface area contributed by atoms with Crippen LogP contribution in [0.3, 0.4) is 0 Å². The molecule has 0 aliphatic carbocycles. The number of hydrogen-bond acceptors (Lipinski definition) is 2. The number of nitrogens with two attached hydrogens (primary N) is 1. The lowest BCUT2D eigenvalue weighted by atomic mass is 9.97. The maximum Gasteiger partial charge on any atom is 0.126 e. The Hall–Kier alpha value is -1.71. The standard InChI is InChI=1S/C17H20FNO/c1-12-11-15(7-8-16(12)18)17(19)14-5-3-13(4-6-14)9-10-20-2/h3-8,11,17H,9-10,19H2,1-2H3. The van der Waals surface area contributed by atoms with Gasteiger partial charge >= 0.3 is 0 Å². The van der Waals surface area contributed by atoms with Crippen molar-refractivity contribution in [1.82, 2.24) is 0 Å². The van der Waals surface area contributed by atoms with Gasteiger partial charge < -0.3 is 10.5 Å². The summed E-state index contributed by atoms with van der Waals surface area (Å²) in [5, 5.41) is 0. The second kappa shape index (κ2) is 6.64. The number of halogens is 1. The quantitative estimate of drug-likeness (QED) is 0.906. The van der Waals surface area contributed by atoms with Gasteiger partial charge in [-0.2, -0.15) is 0 Å². The van der Waals surface area contributed by atoms with E-state index < -0.39 is 0 Å². The summed E-state index contributed by atoms with van der Waals surface area (Å²) in [4.78, 5) is 0. The van der Waals surface area contributed by atoms with Crippen molar-refractivity contribution in [2.45, 2.75) is 19.4 Å². The average Bonchev–Trinajstić information content (AvgIpc) is 2.48. The van der Waals surface area contributed by atoms with Gasteiger partial charge in [0.2, 0.25) is 0 Å². The summed E-state index contributed by atoms with van der Waals surface area (Å²) in [5.41, 5.74) is 10.0. The number of hydrogen-bond donors (Lipinski definition) is 1. The molecule has 106 valence electrons. The van der Waals surface area contributed by atoms with Crippen LogP contribution in [-0.4, -0.2) is 13.7 Å². The Balaban J connectivity index is 2.15. The molecule has 0 aromatic heterocycles. The van der Waals surface area contributed by atoms with E-state index >= 15 is 0 Å². The van der Waals surface area contributed by atoms with E-state index in [4.69, 9.17) is 10.5 Å². The molecule has 2 rings (SSSR count). The van der Waals surface area contributed by atoms with Crippen molar-refractivity contribution < 1.29 is 9.13 Å². The molecule has 2 aromatic carbocycles. The van der Waals surface area contributed by atoms with Crippen LogP contribution in [0.25, 0.3) is 0 Å². The summed E-state index contributed by atoms with van der Waals surface area (Å²) >= 11 is 0. The lowest BCUT2D eigenvalue weighted by molar-refractivity contribution is 0.202. The van der Waals surface area contributed by atoms with Crippen LogP contribution in [0, 0.1) is 12.7 Å². The molecule has 2 nitrogen and oxygen atoms in total. The number of methoxy groups -OCH3 is 1. The van der Waals surface area contributed by atoms with Gasteiger partial charge in [-0.3, -0.25) is 0 Å². The third-order valence-electron chi connectivity index (χ3n) is 3.47. The third-order valence-corrected chi connectivity index (χ3v) is 3.47. The van der Waals surface area contributed by atoms with Crippen molar-refractivity contribution in [3.05, 3.63) is 70.5 Å². The zero-order valence-corrected chi connectivity index (χ0v) is 11.9. The van der Waals surface area contributed by atoms with Gasteiger partial charge in [-0.05, 0) is 41.7 Å². The molecular formula is C17H20FNO. The van der Waals surface area contributed by atoms with Crippen LogP contribution in [0.5, 0.6) is 0 Å². The Kier molecular flexibility index (Phi) is 4.88. The highest BCUT2D eigenvalue weighted by atomic mass is 19.1. The molecule has 0 aliphatic heterocycles. The molecule has 0 amide bonds. The van der Waals surface area contributed by atoms with E-state index in [0.29, 0.717) is 12.2 Å². The smallest absolute Gasteiger partial charge is 0.126 e. The predicted octanol–water partition coefficient (Wildman–Crippen LogP) is 3.37. The highest BCUT2D eigenvalue weighted by Crippen LogP contribution is 2.22. The number of aryl methyl sites for hydroxylation is 1. The summed E-state index contributed by atoms with van der Waals surface area (Å²) in [6.07, 6.45) is 0.891. The fourth-order valence-electron chi connectivity index (χ4n) is 2.17. The topological polar surface area (TPSA) is 35.2 Å². The average molecular weight is 273 g/mol. The lowest BCUT2D eigenvalue weighted by Gasteiger charge is -2.14. The predicted molar refractivity (Wildman–Crippen MR) is 79.2 cm³/mol. The van der Waals surface area contributed by atoms with E-state index in [-0.39, 0.29) is 11.9 Å². The Morgan fingerprint density at radius 1 is 1.10 bits per heavy atom. The van der Waals surface area contributed by atoms with Gasteiger partial charge in [0, 0.05) is 7.11 Å². The Labute approximate surface area is 119 Å². The molecule has 0 bridgehead atoms. The summed E-state index contributed by atoms with van der Waals surface area (Å²) in [5.74, 6) is -0.198. The number of ether oxygens (including phenoxy) is 1. The van der Waals surface area contributed by atoms with E-state index in [1.165, 1.54) is 11.6 Å². The van der Waals surface area contributed by atoms with Crippen LogP contribution in [0.2, 0.25) is 0 Å². The Morgan fingerprint density at radius 3 is 2.35 bits per heavy atom. The normalized spacial score (nSPS) is 12.4. The first-order valence-electron chi connectivity index (χ1n) is 6.71. The molecular weight excluding hydrogens is 253 g/mol. The summed E-state index contributed by atoms with van der Waals surface area (Å²) in [6, 6.07) is 12.9. The number of benzene rings is 2. The minimum atomic E-state index is -0.231. The Bertz CT molecular complexity index is 566. The van der Waals surface area contributed by atoms with E-state index in [2.05, 4.69) is 12.1 Å². The first-order valence-corrected chi connectivity index (χ1v) is 6.71. The monoisotopic (exact) mass is 273 g/mol. The van der Waals surface area contributed by atoms with Crippen molar-refractivity contribution in [3.63, 3.8) is 0 Å². The summed E-state index contributed by atoms with van der Waals surface area (Å²) in [7, 11) is 1.70. The molecule has 0 radical (unpaired) electrons. The molecule has 2 aromatic rings. The number of rotatable bonds is 5. The molecule has 0 heterocycles. The van der Waals surface area contributed by atoms with Crippen molar-refractivity contribution >= 4 is 0 Å². The van der Waals surface area contributed by atoms with Crippen molar-refractivity contribution in [2.75, 3.05) is 13.7 Å². The van der Waals surface area contributed by atoms with E-state index in [1.54, 1.807) is 26.2 Å². The molecule has 0 spiro atoms. The first-order chi connectivity index (χ1) is 9.61. The molecule has 0 saturated carbocycles. The second-order valence-electron chi connectivity index (χ2n) is 4.97. The van der Waals surface area contributed by atoms with E-state index in [9.17, 15) is 4.39 Å². The second-order valence-corrected chi connectivity index (χ2v) is 4.97. The van der Waals surface area contributed by atoms with Crippen LogP contribution in [0.4, 0.5) is 4.39 Å². The summed E-state index contributed by atoms with van der Waals surface area (Å²) in [6.45, 7) is 2.46. The Morgan fingerprint density at radius 2 is 1.75 bits per heavy atom. The SMILES string of the molecule is COCCc1ccc(C(N)c2ccc(F)c(C)c2)cc1. The maximum atomic E-state index is 13.3. The molecule has 1 atom stereocenters. The van der Waals surface area contributed by atoms with E-state index in [1.807, 2.05) is 12.1 Å². The van der Waals surface area contributed by atoms with Gasteiger partial charge in [0.15, 0.2) is 0 Å². The minimum absolute atomic E-state index is 0.198. The fourth-order valence-corrected chi connectivity index (χ4v) is 2.17. The van der Waals surface area contributed by atoms with Gasteiger partial charge in [-0.1, -0.05) is 36.4 Å². The molecule has 0 saturated heterocycles. The van der Waals surface area contributed by atoms with Crippen molar-refractivity contribution in [2.24, 2.45) is 5.73 Å². The van der Waals surface area contributed by atoms with Crippen LogP contribution in [-0.2, 0) is 11.2 Å². The van der Waals surface area contributed by atoms with Gasteiger partial charge in [-0.25, -0.2) is 4.39 Å². The zero-order valence-electron chi connectivity index (χ0n) is 11.9. The minimum Gasteiger partial charge on any atom is -0.384 e. The zero-order chi connectivity index (χ0) is 14.5. The molecule has 0 aliphatic rings. The molecule has 1 unspecified atom stereocenters. The van der Waals surface area contributed by atoms with Gasteiger partial charge in [0.25, 0.3) is 0 Å². The summed E-state index contributed by atoms with van der Waals surface area (Å²) < 4.78 is 18.3. The van der Waals surface area contributed by atoms with Crippen molar-refractivity contribution in [3.8, 4) is 0 Å². The van der Waals surface area contributed by atoms with Crippen LogP contribution >= 0.6 is 0 Å². The van der Waals surface area contributed by atoms with E-state index in [0.717, 1.165) is 17.5 Å². The largest absolute Gasteiger partial charge is 0.384 e. The molecule has 20 heavy (non-hydrogen) atoms. The first kappa shape index (κ1) is 14.7. The molecule has 0 fully saturated rings. The van der Waals surface area contributed by atoms with Crippen LogP contribution in [0.1, 0.15) is 28.3 Å². The van der Waals surface area contributed by atoms with Crippen LogP contribution < -0.4 is 5.73 Å². The van der Waals surface area contributed by atoms with Gasteiger partial charge in [0.05, 0.1) is 12.6 Å². The lowest BCUT2D eigenvalue weighted by Crippen LogP contribution is -2.12. The third kappa shape index (κ3) is 3.44. The van der Waals surface area contributed by atoms with Crippen molar-refractivity contribution in [1.29, 1.82) is 0 Å². The van der Waals surface area contributed by atoms with Gasteiger partial charge in [0.1, 0.15) is 5.82 Å². The highest BCUT2D eigenvalue weighted by molar-refractivity contribution is 5.35. The molecule has 2 N–H and O–H groups in total. The maximum absolute atomic E-state index is 13.3. The fraction of sp³-hybridized carbons (Fsp3) is 0.294.